The van der Waals surface area contributed by atoms with Gasteiger partial charge in [0.05, 0.1) is 16.7 Å². The van der Waals surface area contributed by atoms with E-state index in [4.69, 9.17) is 27.9 Å². The van der Waals surface area contributed by atoms with Crippen LogP contribution in [0.5, 0.6) is 5.75 Å². The number of amides is 1. The van der Waals surface area contributed by atoms with Crippen LogP contribution in [0.4, 0.5) is 4.39 Å². The van der Waals surface area contributed by atoms with Crippen LogP contribution < -0.4 is 15.2 Å². The summed E-state index contributed by atoms with van der Waals surface area (Å²) in [6, 6.07) is 7.17. The summed E-state index contributed by atoms with van der Waals surface area (Å²) < 4.78 is 19.2. The third-order valence-corrected chi connectivity index (χ3v) is 4.49. The molecule has 2 rings (SSSR count). The zero-order valence-electron chi connectivity index (χ0n) is 14.4. The van der Waals surface area contributed by atoms with Crippen LogP contribution >= 0.6 is 23.2 Å². The van der Waals surface area contributed by atoms with E-state index in [1.54, 1.807) is 26.0 Å². The topological polar surface area (TPSA) is 78.5 Å². The van der Waals surface area contributed by atoms with Crippen molar-refractivity contribution in [1.82, 2.24) is 5.32 Å². The summed E-state index contributed by atoms with van der Waals surface area (Å²) in [5.74, 6) is -2.79. The number of hydrogen-bond acceptors (Lipinski definition) is 4. The van der Waals surface area contributed by atoms with Gasteiger partial charge in [-0.15, -0.1) is 0 Å². The highest BCUT2D eigenvalue weighted by molar-refractivity contribution is 6.32. The average molecular weight is 411 g/mol. The molecule has 2 aromatic rings. The van der Waals surface area contributed by atoms with Crippen LogP contribution in [0.25, 0.3) is 6.08 Å². The number of ether oxygens (including phenoxy) is 1. The van der Waals surface area contributed by atoms with E-state index in [-0.39, 0.29) is 10.6 Å². The number of benzene rings is 2. The number of hydrogen-bond donors (Lipinski definition) is 1. The predicted octanol–water partition coefficient (Wildman–Crippen LogP) is 3.04. The van der Waals surface area contributed by atoms with Crippen molar-refractivity contribution in [3.63, 3.8) is 0 Å². The maximum absolute atomic E-state index is 13.8. The van der Waals surface area contributed by atoms with Gasteiger partial charge >= 0.3 is 0 Å². The molecule has 8 heteroatoms. The van der Waals surface area contributed by atoms with Gasteiger partial charge in [0.2, 0.25) is 0 Å². The molecular formula is C19H15Cl2FNO4-. The van der Waals surface area contributed by atoms with E-state index in [1.807, 2.05) is 0 Å². The van der Waals surface area contributed by atoms with Gasteiger partial charge in [-0.1, -0.05) is 29.3 Å². The monoisotopic (exact) mass is 410 g/mol. The molecule has 0 bridgehead atoms. The number of carboxylic acids is 1. The SMILES string of the molecule is Cc1cc(OCC(=O)N/C(=C/c2c(F)cccc2Cl)C(=O)[O-])cc(C)c1Cl. The Morgan fingerprint density at radius 3 is 2.41 bits per heavy atom. The molecule has 0 atom stereocenters. The summed E-state index contributed by atoms with van der Waals surface area (Å²) in [6.45, 7) is 3.12. The Hall–Kier alpha value is -2.57. The summed E-state index contributed by atoms with van der Waals surface area (Å²) in [5, 5.41) is 13.9. The summed E-state index contributed by atoms with van der Waals surface area (Å²) in [6.07, 6.45) is 0.890. The lowest BCUT2D eigenvalue weighted by atomic mass is 10.1. The van der Waals surface area contributed by atoms with Crippen molar-refractivity contribution in [2.75, 3.05) is 6.61 Å². The Kier molecular flexibility index (Phi) is 6.82. The summed E-state index contributed by atoms with van der Waals surface area (Å²) in [5.41, 5.74) is 0.732. The molecule has 2 aromatic carbocycles. The van der Waals surface area contributed by atoms with Gasteiger partial charge in [-0.2, -0.15) is 0 Å². The molecule has 0 radical (unpaired) electrons. The van der Waals surface area contributed by atoms with Crippen molar-refractivity contribution in [3.05, 3.63) is 68.6 Å². The second kappa shape index (κ2) is 8.88. The Balaban J connectivity index is 2.12. The van der Waals surface area contributed by atoms with Crippen LogP contribution in [-0.4, -0.2) is 18.5 Å². The van der Waals surface area contributed by atoms with E-state index in [2.05, 4.69) is 5.32 Å². The molecular weight excluding hydrogens is 396 g/mol. The van der Waals surface area contributed by atoms with Crippen molar-refractivity contribution >= 4 is 41.2 Å². The van der Waals surface area contributed by atoms with E-state index in [1.165, 1.54) is 12.1 Å². The lowest BCUT2D eigenvalue weighted by molar-refractivity contribution is -0.299. The van der Waals surface area contributed by atoms with Gasteiger partial charge < -0.3 is 20.0 Å². The third-order valence-electron chi connectivity index (χ3n) is 3.56. The van der Waals surface area contributed by atoms with Crippen molar-refractivity contribution in [2.24, 2.45) is 0 Å². The molecule has 0 aliphatic carbocycles. The summed E-state index contributed by atoms with van der Waals surface area (Å²) in [7, 11) is 0. The maximum atomic E-state index is 13.8. The second-order valence-corrected chi connectivity index (χ2v) is 6.47. The number of rotatable bonds is 6. The number of carboxylic acid groups (broad SMARTS) is 1. The fourth-order valence-corrected chi connectivity index (χ4v) is 2.59. The largest absolute Gasteiger partial charge is 0.543 e. The van der Waals surface area contributed by atoms with E-state index in [0.29, 0.717) is 10.8 Å². The van der Waals surface area contributed by atoms with Gasteiger partial charge in [-0.25, -0.2) is 4.39 Å². The lowest BCUT2D eigenvalue weighted by Gasteiger charge is -2.13. The molecule has 0 aromatic heterocycles. The number of aryl methyl sites for hydroxylation is 2. The summed E-state index contributed by atoms with van der Waals surface area (Å²) >= 11 is 11.9. The minimum atomic E-state index is -1.69. The Morgan fingerprint density at radius 1 is 1.22 bits per heavy atom. The van der Waals surface area contributed by atoms with Crippen LogP contribution in [0.15, 0.2) is 36.0 Å². The molecule has 27 heavy (non-hydrogen) atoms. The molecule has 0 heterocycles. The van der Waals surface area contributed by atoms with Crippen molar-refractivity contribution in [2.45, 2.75) is 13.8 Å². The van der Waals surface area contributed by atoms with Crippen molar-refractivity contribution in [3.8, 4) is 5.75 Å². The quantitative estimate of drug-likeness (QED) is 0.742. The highest BCUT2D eigenvalue weighted by Gasteiger charge is 2.11. The first-order chi connectivity index (χ1) is 12.7. The number of aliphatic carboxylic acids is 1. The Labute approximate surface area is 165 Å². The minimum absolute atomic E-state index is 0.00800. The molecule has 0 fully saturated rings. The van der Waals surface area contributed by atoms with Gasteiger partial charge in [-0.3, -0.25) is 4.79 Å². The highest BCUT2D eigenvalue weighted by atomic mass is 35.5. The molecule has 0 unspecified atom stereocenters. The zero-order chi connectivity index (χ0) is 20.1. The molecule has 0 saturated heterocycles. The van der Waals surface area contributed by atoms with Gasteiger partial charge in [0.1, 0.15) is 11.6 Å². The van der Waals surface area contributed by atoms with E-state index < -0.39 is 30.0 Å². The average Bonchev–Trinajstić information content (AvgIpc) is 2.59. The summed E-state index contributed by atoms with van der Waals surface area (Å²) in [4.78, 5) is 23.3. The second-order valence-electron chi connectivity index (χ2n) is 5.69. The predicted molar refractivity (Wildman–Crippen MR) is 99.0 cm³/mol. The molecule has 1 amide bonds. The van der Waals surface area contributed by atoms with E-state index in [9.17, 15) is 19.1 Å². The Bertz CT molecular complexity index is 885. The van der Waals surface area contributed by atoms with Gasteiger partial charge in [-0.05, 0) is 55.3 Å². The fraction of sp³-hybridized carbons (Fsp3) is 0.158. The lowest BCUT2D eigenvalue weighted by Crippen LogP contribution is -2.37. The number of carbonyl (C=O) groups is 2. The van der Waals surface area contributed by atoms with Crippen LogP contribution in [0.2, 0.25) is 10.0 Å². The number of carbonyl (C=O) groups excluding carboxylic acids is 2. The molecule has 1 N–H and O–H groups in total. The molecule has 0 saturated carbocycles. The smallest absolute Gasteiger partial charge is 0.262 e. The van der Waals surface area contributed by atoms with Crippen LogP contribution in [0.3, 0.4) is 0 Å². The fourth-order valence-electron chi connectivity index (χ4n) is 2.26. The first-order valence-electron chi connectivity index (χ1n) is 7.75. The first kappa shape index (κ1) is 20.7. The normalized spacial score (nSPS) is 11.2. The van der Waals surface area contributed by atoms with Gasteiger partial charge in [0.15, 0.2) is 6.61 Å². The molecule has 0 aliphatic heterocycles. The van der Waals surface area contributed by atoms with Crippen molar-refractivity contribution in [1.29, 1.82) is 0 Å². The first-order valence-corrected chi connectivity index (χ1v) is 8.51. The molecule has 142 valence electrons. The number of nitrogens with one attached hydrogen (secondary N) is 1. The van der Waals surface area contributed by atoms with E-state index >= 15 is 0 Å². The minimum Gasteiger partial charge on any atom is -0.543 e. The molecule has 0 aliphatic rings. The van der Waals surface area contributed by atoms with Crippen molar-refractivity contribution < 1.29 is 23.8 Å². The van der Waals surface area contributed by atoms with Gasteiger partial charge in [0.25, 0.3) is 5.91 Å². The Morgan fingerprint density at radius 2 is 1.85 bits per heavy atom. The molecule has 5 nitrogen and oxygen atoms in total. The van der Waals surface area contributed by atoms with Gasteiger partial charge in [0, 0.05) is 10.6 Å². The standard InChI is InChI=1S/C19H16Cl2FNO4/c1-10-6-12(7-11(2)18(10)21)27-9-17(24)23-16(19(25)26)8-13-14(20)4-3-5-15(13)22/h3-8H,9H2,1-2H3,(H,23,24)(H,25,26)/p-1/b16-8+. The molecule has 0 spiro atoms. The van der Waals surface area contributed by atoms with E-state index in [0.717, 1.165) is 23.3 Å². The zero-order valence-corrected chi connectivity index (χ0v) is 15.9. The maximum Gasteiger partial charge on any atom is 0.262 e. The van der Waals surface area contributed by atoms with Crippen LogP contribution in [0, 0.1) is 19.7 Å². The highest BCUT2D eigenvalue weighted by Crippen LogP contribution is 2.26. The third kappa shape index (κ3) is 5.45. The number of halogens is 3. The van der Waals surface area contributed by atoms with Crippen LogP contribution in [-0.2, 0) is 9.59 Å². The van der Waals surface area contributed by atoms with Crippen LogP contribution in [0.1, 0.15) is 16.7 Å².